The van der Waals surface area contributed by atoms with Gasteiger partial charge in [-0.1, -0.05) is 17.4 Å². The van der Waals surface area contributed by atoms with Gasteiger partial charge >= 0.3 is 0 Å². The second-order valence-corrected chi connectivity index (χ2v) is 8.46. The van der Waals surface area contributed by atoms with E-state index in [0.717, 1.165) is 43.3 Å². The minimum absolute atomic E-state index is 0. The molecule has 1 aromatic carbocycles. The highest BCUT2D eigenvalue weighted by molar-refractivity contribution is 7.23. The Balaban J connectivity index is 0.00000256. The maximum atomic E-state index is 13.3. The molecule has 0 bridgehead atoms. The van der Waals surface area contributed by atoms with Crippen molar-refractivity contribution >= 4 is 56.3 Å². The quantitative estimate of drug-likeness (QED) is 0.524. The number of ether oxygens (including phenoxy) is 3. The van der Waals surface area contributed by atoms with Crippen molar-refractivity contribution in [1.29, 1.82) is 0 Å². The van der Waals surface area contributed by atoms with Gasteiger partial charge in [-0.25, -0.2) is 4.98 Å². The van der Waals surface area contributed by atoms with Gasteiger partial charge in [0.1, 0.15) is 21.7 Å². The lowest BCUT2D eigenvalue weighted by Crippen LogP contribution is -2.43. The molecular weight excluding hydrogens is 446 g/mol. The molecule has 0 unspecified atom stereocenters. The third kappa shape index (κ3) is 4.70. The molecule has 7 nitrogen and oxygen atoms in total. The van der Waals surface area contributed by atoms with Gasteiger partial charge in [0.2, 0.25) is 0 Å². The molecule has 1 saturated heterocycles. The first-order chi connectivity index (χ1) is 14.2. The molecule has 0 saturated carbocycles. The van der Waals surface area contributed by atoms with Crippen LogP contribution in [-0.4, -0.2) is 69.4 Å². The van der Waals surface area contributed by atoms with Crippen LogP contribution in [0.5, 0.6) is 11.5 Å². The Hall–Kier alpha value is -1.91. The second-order valence-electron chi connectivity index (χ2n) is 6.53. The molecule has 0 radical (unpaired) electrons. The molecule has 3 aromatic rings. The van der Waals surface area contributed by atoms with E-state index in [0.29, 0.717) is 27.8 Å². The number of thiophene rings is 1. The molecule has 10 heteroatoms. The van der Waals surface area contributed by atoms with E-state index in [2.05, 4.69) is 4.90 Å². The first-order valence-corrected chi connectivity index (χ1v) is 11.1. The largest absolute Gasteiger partial charge is 0.495 e. The number of amides is 1. The maximum absolute atomic E-state index is 13.3. The van der Waals surface area contributed by atoms with E-state index >= 15 is 0 Å². The first kappa shape index (κ1) is 22.8. The lowest BCUT2D eigenvalue weighted by atomic mass is 10.3. The topological polar surface area (TPSA) is 64.1 Å². The molecule has 1 aliphatic heterocycles. The van der Waals surface area contributed by atoms with Gasteiger partial charge in [0.25, 0.3) is 5.91 Å². The number of hydrogen-bond acceptors (Lipinski definition) is 8. The molecule has 4 rings (SSSR count). The number of anilines is 1. The highest BCUT2D eigenvalue weighted by atomic mass is 35.5. The van der Waals surface area contributed by atoms with Crippen molar-refractivity contribution < 1.29 is 19.0 Å². The number of benzene rings is 1. The van der Waals surface area contributed by atoms with Crippen molar-refractivity contribution in [2.24, 2.45) is 0 Å². The smallest absolute Gasteiger partial charge is 0.270 e. The summed E-state index contributed by atoms with van der Waals surface area (Å²) in [6.45, 7) is 4.54. The highest BCUT2D eigenvalue weighted by Gasteiger charge is 2.25. The zero-order valence-electron chi connectivity index (χ0n) is 16.8. The van der Waals surface area contributed by atoms with Crippen LogP contribution in [0.3, 0.4) is 0 Å². The van der Waals surface area contributed by atoms with Crippen LogP contribution >= 0.6 is 35.1 Å². The number of nitrogens with zero attached hydrogens (tertiary/aromatic N) is 3. The molecule has 1 fully saturated rings. The van der Waals surface area contributed by atoms with Crippen molar-refractivity contribution in [3.63, 3.8) is 0 Å². The summed E-state index contributed by atoms with van der Waals surface area (Å²) in [5, 5.41) is 2.56. The van der Waals surface area contributed by atoms with Crippen molar-refractivity contribution in [3.8, 4) is 11.5 Å². The van der Waals surface area contributed by atoms with Crippen LogP contribution in [0.15, 0.2) is 29.6 Å². The summed E-state index contributed by atoms with van der Waals surface area (Å²) in [5.74, 6) is 1.35. The third-order valence-electron chi connectivity index (χ3n) is 4.85. The van der Waals surface area contributed by atoms with E-state index < -0.39 is 0 Å². The Kier molecular flexibility index (Phi) is 7.90. The van der Waals surface area contributed by atoms with Crippen LogP contribution in [0.1, 0.15) is 9.67 Å². The zero-order valence-corrected chi connectivity index (χ0v) is 19.3. The summed E-state index contributed by atoms with van der Waals surface area (Å²) in [5.41, 5.74) is 0.710. The Morgan fingerprint density at radius 3 is 2.60 bits per heavy atom. The van der Waals surface area contributed by atoms with Crippen LogP contribution in [-0.2, 0) is 4.74 Å². The number of halogens is 1. The number of carbonyl (C=O) groups excluding carboxylic acids is 1. The van der Waals surface area contributed by atoms with Crippen LogP contribution in [0, 0.1) is 0 Å². The Morgan fingerprint density at radius 2 is 1.93 bits per heavy atom. The number of fused-ring (bicyclic) bond motifs is 1. The molecule has 162 valence electrons. The second kappa shape index (κ2) is 10.4. The summed E-state index contributed by atoms with van der Waals surface area (Å²) < 4.78 is 17.3. The maximum Gasteiger partial charge on any atom is 0.270 e. The average molecular weight is 470 g/mol. The molecule has 0 spiro atoms. The molecule has 30 heavy (non-hydrogen) atoms. The Labute approximate surface area is 189 Å². The van der Waals surface area contributed by atoms with Crippen LogP contribution in [0.4, 0.5) is 5.13 Å². The van der Waals surface area contributed by atoms with Gasteiger partial charge in [-0.15, -0.1) is 23.7 Å². The van der Waals surface area contributed by atoms with E-state index in [1.807, 2.05) is 29.6 Å². The normalized spacial score (nSPS) is 14.3. The monoisotopic (exact) mass is 469 g/mol. The summed E-state index contributed by atoms with van der Waals surface area (Å²) in [7, 11) is 3.25. The lowest BCUT2D eigenvalue weighted by Gasteiger charge is -2.29. The van der Waals surface area contributed by atoms with Crippen molar-refractivity contribution in [2.45, 2.75) is 0 Å². The number of hydrogen-bond donors (Lipinski definition) is 0. The van der Waals surface area contributed by atoms with E-state index in [1.165, 1.54) is 22.7 Å². The standard InChI is InChI=1S/C20H23N3O4S2.ClH/c1-25-14-5-6-15(26-2)18-17(14)21-20(29-18)23(19(24)16-4-3-13-28-16)8-7-22-9-11-27-12-10-22;/h3-6,13H,7-12H2,1-2H3;1H. The molecule has 2 aromatic heterocycles. The van der Waals surface area contributed by atoms with Gasteiger partial charge in [-0.3, -0.25) is 14.6 Å². The number of rotatable bonds is 7. The predicted molar refractivity (Wildman–Crippen MR) is 123 cm³/mol. The van der Waals surface area contributed by atoms with Crippen molar-refractivity contribution in [1.82, 2.24) is 9.88 Å². The van der Waals surface area contributed by atoms with Gasteiger partial charge in [0.15, 0.2) is 5.13 Å². The number of aromatic nitrogens is 1. The summed E-state index contributed by atoms with van der Waals surface area (Å²) in [6, 6.07) is 7.44. The molecule has 1 aliphatic rings. The van der Waals surface area contributed by atoms with Crippen molar-refractivity contribution in [2.75, 3.05) is 58.5 Å². The molecule has 0 aliphatic carbocycles. The average Bonchev–Trinajstić information content (AvgIpc) is 3.44. The SMILES string of the molecule is COc1ccc(OC)c2sc(N(CCN3CCOCC3)C(=O)c3cccs3)nc12.Cl. The van der Waals surface area contributed by atoms with E-state index in [9.17, 15) is 4.79 Å². The van der Waals surface area contributed by atoms with Gasteiger partial charge in [-0.2, -0.15) is 0 Å². The van der Waals surface area contributed by atoms with Gasteiger partial charge < -0.3 is 14.2 Å². The Bertz CT molecular complexity index is 933. The van der Waals surface area contributed by atoms with Crippen molar-refractivity contribution in [3.05, 3.63) is 34.5 Å². The third-order valence-corrected chi connectivity index (χ3v) is 6.80. The summed E-state index contributed by atoms with van der Waals surface area (Å²) in [6.07, 6.45) is 0. The van der Waals surface area contributed by atoms with E-state index in [4.69, 9.17) is 19.2 Å². The lowest BCUT2D eigenvalue weighted by molar-refractivity contribution is 0.0391. The fraction of sp³-hybridized carbons (Fsp3) is 0.400. The fourth-order valence-corrected chi connectivity index (χ4v) is 5.04. The van der Waals surface area contributed by atoms with Crippen LogP contribution in [0.25, 0.3) is 10.2 Å². The fourth-order valence-electron chi connectivity index (χ4n) is 3.27. The van der Waals surface area contributed by atoms with Gasteiger partial charge in [-0.05, 0) is 23.6 Å². The van der Waals surface area contributed by atoms with Crippen LogP contribution < -0.4 is 14.4 Å². The highest BCUT2D eigenvalue weighted by Crippen LogP contribution is 2.40. The number of carbonyl (C=O) groups is 1. The number of methoxy groups -OCH3 is 2. The molecule has 1 amide bonds. The Morgan fingerprint density at radius 1 is 1.20 bits per heavy atom. The zero-order chi connectivity index (χ0) is 20.2. The number of thiazole rings is 1. The molecule has 3 heterocycles. The molecule has 0 N–H and O–H groups in total. The molecule has 0 atom stereocenters. The minimum Gasteiger partial charge on any atom is -0.495 e. The summed E-state index contributed by atoms with van der Waals surface area (Å²) in [4.78, 5) is 22.8. The first-order valence-electron chi connectivity index (χ1n) is 9.38. The summed E-state index contributed by atoms with van der Waals surface area (Å²) >= 11 is 2.89. The molecular formula is C20H24ClN3O4S2. The van der Waals surface area contributed by atoms with Crippen LogP contribution in [0.2, 0.25) is 0 Å². The van der Waals surface area contributed by atoms with Gasteiger partial charge in [0, 0.05) is 26.2 Å². The van der Waals surface area contributed by atoms with Gasteiger partial charge in [0.05, 0.1) is 32.3 Å². The number of morpholine rings is 1. The predicted octanol–water partition coefficient (Wildman–Crippen LogP) is 3.78. The minimum atomic E-state index is -0.0368. The van der Waals surface area contributed by atoms with E-state index in [1.54, 1.807) is 19.1 Å². The van der Waals surface area contributed by atoms with E-state index in [-0.39, 0.29) is 18.3 Å².